The third-order valence-corrected chi connectivity index (χ3v) is 3.72. The second-order valence-electron chi connectivity index (χ2n) is 5.19. The first kappa shape index (κ1) is 16.3. The molecule has 4 nitrogen and oxygen atoms in total. The van der Waals surface area contributed by atoms with Gasteiger partial charge in [-0.25, -0.2) is 4.79 Å². The van der Waals surface area contributed by atoms with E-state index in [0.29, 0.717) is 22.4 Å². The molecule has 0 aliphatic carbocycles. The van der Waals surface area contributed by atoms with E-state index in [1.165, 1.54) is 12.1 Å². The summed E-state index contributed by atoms with van der Waals surface area (Å²) in [6.07, 6.45) is -4.10. The van der Waals surface area contributed by atoms with Gasteiger partial charge in [-0.05, 0) is 24.6 Å². The summed E-state index contributed by atoms with van der Waals surface area (Å²) in [6.45, 7) is 3.37. The van der Waals surface area contributed by atoms with Crippen molar-refractivity contribution < 1.29 is 27.4 Å². The largest absolute Gasteiger partial charge is 0.623 e. The predicted molar refractivity (Wildman–Crippen MR) is 73.5 cm³/mol. The fraction of sp³-hybridized carbons (Fsp3) is 0.467. The van der Waals surface area contributed by atoms with E-state index >= 15 is 0 Å². The summed E-state index contributed by atoms with van der Waals surface area (Å²) >= 11 is 0. The molecule has 120 valence electrons. The molecule has 1 aromatic carbocycles. The van der Waals surface area contributed by atoms with Crippen LogP contribution in [0.1, 0.15) is 37.3 Å². The number of esters is 1. The molecule has 2 unspecified atom stereocenters. The zero-order valence-corrected chi connectivity index (χ0v) is 12.2. The highest BCUT2D eigenvalue weighted by atomic mass is 19.4. The summed E-state index contributed by atoms with van der Waals surface area (Å²) in [5, 5.41) is 12.0. The van der Waals surface area contributed by atoms with Crippen LogP contribution in [0.15, 0.2) is 24.3 Å². The first-order valence-electron chi connectivity index (χ1n) is 6.88. The van der Waals surface area contributed by atoms with E-state index in [2.05, 4.69) is 0 Å². The van der Waals surface area contributed by atoms with Crippen molar-refractivity contribution in [1.82, 2.24) is 0 Å². The highest BCUT2D eigenvalue weighted by molar-refractivity contribution is 5.85. The molecule has 2 rings (SSSR count). The maximum atomic E-state index is 12.6. The molecule has 0 spiro atoms. The summed E-state index contributed by atoms with van der Waals surface area (Å²) in [5.74, 6) is -1.15. The number of hydrogen-bond donors (Lipinski definition) is 0. The van der Waals surface area contributed by atoms with Crippen molar-refractivity contribution in [2.75, 3.05) is 6.61 Å². The van der Waals surface area contributed by atoms with Gasteiger partial charge < -0.3 is 9.94 Å². The molecule has 0 N–H and O–H groups in total. The van der Waals surface area contributed by atoms with Crippen LogP contribution in [-0.2, 0) is 15.7 Å². The second-order valence-corrected chi connectivity index (χ2v) is 5.19. The lowest BCUT2D eigenvalue weighted by Gasteiger charge is -2.18. The van der Waals surface area contributed by atoms with Crippen molar-refractivity contribution >= 4 is 11.7 Å². The number of hydrogen-bond acceptors (Lipinski definition) is 3. The van der Waals surface area contributed by atoms with Crippen LogP contribution in [0.5, 0.6) is 0 Å². The number of benzene rings is 1. The summed E-state index contributed by atoms with van der Waals surface area (Å²) in [7, 11) is 0. The third-order valence-electron chi connectivity index (χ3n) is 3.72. The van der Waals surface area contributed by atoms with Crippen molar-refractivity contribution in [2.24, 2.45) is 0 Å². The Morgan fingerprint density at radius 3 is 2.45 bits per heavy atom. The maximum Gasteiger partial charge on any atom is 0.416 e. The van der Waals surface area contributed by atoms with Gasteiger partial charge in [0.15, 0.2) is 5.71 Å². The van der Waals surface area contributed by atoms with Gasteiger partial charge in [0.2, 0.25) is 0 Å². The molecule has 0 fully saturated rings. The smallest absolute Gasteiger partial charge is 0.416 e. The van der Waals surface area contributed by atoms with E-state index in [4.69, 9.17) is 4.74 Å². The molecule has 1 aliphatic heterocycles. The summed E-state index contributed by atoms with van der Waals surface area (Å²) in [5.41, 5.74) is 0.216. The van der Waals surface area contributed by atoms with E-state index < -0.39 is 29.7 Å². The lowest BCUT2D eigenvalue weighted by atomic mass is 9.89. The Kier molecular flexibility index (Phi) is 4.44. The normalized spacial score (nSPS) is 22.0. The SMILES string of the molecule is CCOC(=O)C1C(c2ccc(C(F)(F)F)cc2)CC(C)=[N+]1[O-]. The monoisotopic (exact) mass is 315 g/mol. The average molecular weight is 315 g/mol. The lowest BCUT2D eigenvalue weighted by molar-refractivity contribution is -0.483. The minimum atomic E-state index is -4.42. The minimum Gasteiger partial charge on any atom is -0.623 e. The Balaban J connectivity index is 2.29. The van der Waals surface area contributed by atoms with Gasteiger partial charge in [0.1, 0.15) is 0 Å². The van der Waals surface area contributed by atoms with Gasteiger partial charge in [-0.3, -0.25) is 0 Å². The first-order valence-corrected chi connectivity index (χ1v) is 6.88. The summed E-state index contributed by atoms with van der Waals surface area (Å²) in [6, 6.07) is 3.50. The molecule has 0 bridgehead atoms. The van der Waals surface area contributed by atoms with Gasteiger partial charge in [-0.1, -0.05) is 12.1 Å². The molecular weight excluding hydrogens is 299 g/mol. The Morgan fingerprint density at radius 1 is 1.36 bits per heavy atom. The molecule has 1 aromatic rings. The van der Waals surface area contributed by atoms with Crippen LogP contribution in [0.2, 0.25) is 0 Å². The van der Waals surface area contributed by atoms with E-state index in [1.807, 2.05) is 0 Å². The molecule has 0 saturated heterocycles. The predicted octanol–water partition coefficient (Wildman–Crippen LogP) is 3.10. The van der Waals surface area contributed by atoms with Crippen molar-refractivity contribution in [3.63, 3.8) is 0 Å². The van der Waals surface area contributed by atoms with Crippen LogP contribution in [0.4, 0.5) is 13.2 Å². The van der Waals surface area contributed by atoms with Crippen molar-refractivity contribution in [3.05, 3.63) is 40.6 Å². The standard InChI is InChI=1S/C15H16F3NO3/c1-3-22-14(20)13-12(8-9(2)19(13)21)10-4-6-11(7-5-10)15(16,17)18/h4-7,12-13H,3,8H2,1-2H3. The molecule has 22 heavy (non-hydrogen) atoms. The Hall–Kier alpha value is -2.05. The van der Waals surface area contributed by atoms with E-state index in [1.54, 1.807) is 13.8 Å². The summed E-state index contributed by atoms with van der Waals surface area (Å²) in [4.78, 5) is 12.0. The van der Waals surface area contributed by atoms with Gasteiger partial charge in [0, 0.05) is 13.3 Å². The zero-order valence-electron chi connectivity index (χ0n) is 12.2. The van der Waals surface area contributed by atoms with Crippen molar-refractivity contribution in [3.8, 4) is 0 Å². The highest BCUT2D eigenvalue weighted by Crippen LogP contribution is 2.34. The fourth-order valence-corrected chi connectivity index (χ4v) is 2.63. The number of carbonyl (C=O) groups excluding carboxylic acids is 1. The molecule has 0 aromatic heterocycles. The number of rotatable bonds is 3. The number of nitrogens with zero attached hydrogens (tertiary/aromatic N) is 1. The Labute approximate surface area is 125 Å². The molecular formula is C15H16F3NO3. The molecule has 2 atom stereocenters. The van der Waals surface area contributed by atoms with Gasteiger partial charge in [0.25, 0.3) is 6.04 Å². The summed E-state index contributed by atoms with van der Waals surface area (Å²) < 4.78 is 43.3. The lowest BCUT2D eigenvalue weighted by Crippen LogP contribution is -2.34. The fourth-order valence-electron chi connectivity index (χ4n) is 2.63. The van der Waals surface area contributed by atoms with Gasteiger partial charge in [0.05, 0.1) is 18.1 Å². The van der Waals surface area contributed by atoms with Crippen LogP contribution in [0, 0.1) is 5.21 Å². The van der Waals surface area contributed by atoms with Crippen LogP contribution in [0.3, 0.4) is 0 Å². The van der Waals surface area contributed by atoms with Gasteiger partial charge in [-0.2, -0.15) is 17.9 Å². The topological polar surface area (TPSA) is 52.4 Å². The number of hydroxylamine groups is 1. The van der Waals surface area contributed by atoms with Crippen LogP contribution in [0.25, 0.3) is 0 Å². The van der Waals surface area contributed by atoms with E-state index in [9.17, 15) is 23.2 Å². The van der Waals surface area contributed by atoms with E-state index in [0.717, 1.165) is 12.1 Å². The Morgan fingerprint density at radius 2 is 1.95 bits per heavy atom. The average Bonchev–Trinajstić information content (AvgIpc) is 2.74. The van der Waals surface area contributed by atoms with Gasteiger partial charge >= 0.3 is 12.1 Å². The second kappa shape index (κ2) is 5.98. The van der Waals surface area contributed by atoms with Crippen LogP contribution >= 0.6 is 0 Å². The third kappa shape index (κ3) is 3.08. The van der Waals surface area contributed by atoms with Crippen LogP contribution in [-0.4, -0.2) is 29.1 Å². The zero-order chi connectivity index (χ0) is 16.5. The molecule has 7 heteroatoms. The van der Waals surface area contributed by atoms with Gasteiger partial charge in [-0.15, -0.1) is 0 Å². The molecule has 0 amide bonds. The number of alkyl halides is 3. The quantitative estimate of drug-likeness (QED) is 0.489. The first-order chi connectivity index (χ1) is 10.3. The van der Waals surface area contributed by atoms with E-state index in [-0.39, 0.29) is 6.61 Å². The number of halogens is 3. The maximum absolute atomic E-state index is 12.6. The minimum absolute atomic E-state index is 0.141. The van der Waals surface area contributed by atoms with Crippen molar-refractivity contribution in [2.45, 2.75) is 38.4 Å². The number of carbonyl (C=O) groups is 1. The Bertz CT molecular complexity index is 593. The number of ether oxygens (including phenoxy) is 1. The molecule has 1 heterocycles. The molecule has 0 radical (unpaired) electrons. The molecule has 1 aliphatic rings. The van der Waals surface area contributed by atoms with Crippen molar-refractivity contribution in [1.29, 1.82) is 0 Å². The van der Waals surface area contributed by atoms with Crippen LogP contribution < -0.4 is 0 Å². The highest BCUT2D eigenvalue weighted by Gasteiger charge is 2.45. The molecule has 0 saturated carbocycles.